The molecule has 14 heavy (non-hydrogen) atoms. The Morgan fingerprint density at radius 3 is 2.79 bits per heavy atom. The summed E-state index contributed by atoms with van der Waals surface area (Å²) in [6, 6.07) is 3.55. The topological polar surface area (TPSA) is 55.5 Å². The Bertz CT molecular complexity index is 315. The van der Waals surface area contributed by atoms with Crippen LogP contribution in [0.1, 0.15) is 12.0 Å². The predicted octanol–water partition coefficient (Wildman–Crippen LogP) is 1.95. The second-order valence-electron chi connectivity index (χ2n) is 2.98. The van der Waals surface area contributed by atoms with Crippen molar-refractivity contribution in [3.63, 3.8) is 0 Å². The van der Waals surface area contributed by atoms with E-state index < -0.39 is 0 Å². The molecule has 0 bridgehead atoms. The molecule has 0 aliphatic rings. The van der Waals surface area contributed by atoms with Crippen molar-refractivity contribution in [1.82, 2.24) is 0 Å². The molecule has 0 saturated heterocycles. The summed E-state index contributed by atoms with van der Waals surface area (Å²) in [6.45, 7) is 0.600. The second-order valence-corrected chi connectivity index (χ2v) is 3.36. The molecule has 78 valence electrons. The van der Waals surface area contributed by atoms with Crippen LogP contribution in [0.3, 0.4) is 0 Å². The van der Waals surface area contributed by atoms with Gasteiger partial charge < -0.3 is 15.6 Å². The molecule has 0 spiro atoms. The summed E-state index contributed by atoms with van der Waals surface area (Å²) in [4.78, 5) is 0. The Hall–Kier alpha value is -0.930. The SMILES string of the molecule is COc1ccc(CCCN)c(O)c1Cl. The zero-order chi connectivity index (χ0) is 10.6. The van der Waals surface area contributed by atoms with Crippen LogP contribution in [0.5, 0.6) is 11.5 Å². The third-order valence-electron chi connectivity index (χ3n) is 2.03. The van der Waals surface area contributed by atoms with Gasteiger partial charge in [0.15, 0.2) is 0 Å². The summed E-state index contributed by atoms with van der Waals surface area (Å²) in [5, 5.41) is 9.95. The average Bonchev–Trinajstić information content (AvgIpc) is 2.20. The van der Waals surface area contributed by atoms with Crippen LogP contribution in [-0.4, -0.2) is 18.8 Å². The van der Waals surface area contributed by atoms with E-state index in [9.17, 15) is 5.11 Å². The van der Waals surface area contributed by atoms with Crippen molar-refractivity contribution in [3.8, 4) is 11.5 Å². The van der Waals surface area contributed by atoms with Gasteiger partial charge in [-0.05, 0) is 31.0 Å². The molecule has 3 N–H and O–H groups in total. The van der Waals surface area contributed by atoms with E-state index in [-0.39, 0.29) is 10.8 Å². The Kier molecular flexibility index (Phi) is 4.04. The molecule has 0 aromatic heterocycles. The minimum Gasteiger partial charge on any atom is -0.506 e. The molecule has 0 radical (unpaired) electrons. The van der Waals surface area contributed by atoms with E-state index in [2.05, 4.69) is 0 Å². The predicted molar refractivity (Wildman–Crippen MR) is 57.0 cm³/mol. The summed E-state index contributed by atoms with van der Waals surface area (Å²) in [5.74, 6) is 0.583. The van der Waals surface area contributed by atoms with Crippen LogP contribution in [0.15, 0.2) is 12.1 Å². The summed E-state index contributed by atoms with van der Waals surface area (Å²) in [5.41, 5.74) is 6.19. The highest BCUT2D eigenvalue weighted by Crippen LogP contribution is 2.36. The molecular formula is C10H14ClNO2. The summed E-state index contributed by atoms with van der Waals surface area (Å²) >= 11 is 5.87. The maximum atomic E-state index is 9.68. The van der Waals surface area contributed by atoms with Crippen molar-refractivity contribution in [2.75, 3.05) is 13.7 Å². The molecule has 0 fully saturated rings. The molecule has 1 aromatic rings. The monoisotopic (exact) mass is 215 g/mol. The number of hydrogen-bond acceptors (Lipinski definition) is 3. The van der Waals surface area contributed by atoms with Gasteiger partial charge in [0.2, 0.25) is 0 Å². The number of benzene rings is 1. The zero-order valence-corrected chi connectivity index (χ0v) is 8.84. The molecular weight excluding hydrogens is 202 g/mol. The number of phenols is 1. The molecule has 3 nitrogen and oxygen atoms in total. The van der Waals surface area contributed by atoms with Gasteiger partial charge in [-0.3, -0.25) is 0 Å². The Morgan fingerprint density at radius 2 is 2.21 bits per heavy atom. The average molecular weight is 216 g/mol. The van der Waals surface area contributed by atoms with E-state index in [0.717, 1.165) is 18.4 Å². The number of aromatic hydroxyl groups is 1. The number of rotatable bonds is 4. The second kappa shape index (κ2) is 5.08. The highest BCUT2D eigenvalue weighted by molar-refractivity contribution is 6.33. The molecule has 0 amide bonds. The van der Waals surface area contributed by atoms with Gasteiger partial charge in [0.05, 0.1) is 7.11 Å². The van der Waals surface area contributed by atoms with Crippen LogP contribution in [0.2, 0.25) is 5.02 Å². The number of phenolic OH excluding ortho intramolecular Hbond substituents is 1. The third kappa shape index (κ3) is 2.30. The lowest BCUT2D eigenvalue weighted by Gasteiger charge is -2.08. The molecule has 4 heteroatoms. The van der Waals surface area contributed by atoms with E-state index in [0.29, 0.717) is 12.3 Å². The molecule has 1 aromatic carbocycles. The fourth-order valence-electron chi connectivity index (χ4n) is 1.24. The Balaban J connectivity index is 2.92. The first-order valence-corrected chi connectivity index (χ1v) is 4.83. The van der Waals surface area contributed by atoms with Gasteiger partial charge in [-0.25, -0.2) is 0 Å². The first-order valence-electron chi connectivity index (χ1n) is 4.45. The van der Waals surface area contributed by atoms with Gasteiger partial charge in [0, 0.05) is 0 Å². The lowest BCUT2D eigenvalue weighted by atomic mass is 10.1. The summed E-state index contributed by atoms with van der Waals surface area (Å²) in [7, 11) is 1.51. The van der Waals surface area contributed by atoms with Crippen LogP contribution < -0.4 is 10.5 Å². The van der Waals surface area contributed by atoms with Gasteiger partial charge in [-0.1, -0.05) is 17.7 Å². The third-order valence-corrected chi connectivity index (χ3v) is 2.40. The van der Waals surface area contributed by atoms with E-state index in [4.69, 9.17) is 22.1 Å². The van der Waals surface area contributed by atoms with E-state index in [1.807, 2.05) is 0 Å². The lowest BCUT2D eigenvalue weighted by Crippen LogP contribution is -2.00. The van der Waals surface area contributed by atoms with Crippen LogP contribution >= 0.6 is 11.6 Å². The van der Waals surface area contributed by atoms with Crippen LogP contribution in [0.4, 0.5) is 0 Å². The first kappa shape index (κ1) is 11.1. The van der Waals surface area contributed by atoms with Crippen molar-refractivity contribution in [1.29, 1.82) is 0 Å². The first-order chi connectivity index (χ1) is 6.70. The number of halogens is 1. The largest absolute Gasteiger partial charge is 0.506 e. The molecule has 0 heterocycles. The highest BCUT2D eigenvalue weighted by Gasteiger charge is 2.10. The van der Waals surface area contributed by atoms with Crippen molar-refractivity contribution >= 4 is 11.6 Å². The van der Waals surface area contributed by atoms with Crippen molar-refractivity contribution < 1.29 is 9.84 Å². The minimum absolute atomic E-state index is 0.0967. The molecule has 0 aliphatic heterocycles. The van der Waals surface area contributed by atoms with Crippen molar-refractivity contribution in [3.05, 3.63) is 22.7 Å². The molecule has 0 aliphatic carbocycles. The van der Waals surface area contributed by atoms with Crippen molar-refractivity contribution in [2.24, 2.45) is 5.73 Å². The summed E-state index contributed by atoms with van der Waals surface area (Å²) < 4.78 is 4.97. The summed E-state index contributed by atoms with van der Waals surface area (Å²) in [6.07, 6.45) is 1.56. The molecule has 0 atom stereocenters. The molecule has 1 rings (SSSR count). The molecule has 0 unspecified atom stereocenters. The number of ether oxygens (including phenoxy) is 1. The van der Waals surface area contributed by atoms with Gasteiger partial charge >= 0.3 is 0 Å². The molecule has 0 saturated carbocycles. The maximum absolute atomic E-state index is 9.68. The number of nitrogens with two attached hydrogens (primary N) is 1. The highest BCUT2D eigenvalue weighted by atomic mass is 35.5. The standard InChI is InChI=1S/C10H14ClNO2/c1-14-8-5-4-7(3-2-6-12)10(13)9(8)11/h4-5,13H,2-3,6,12H2,1H3. The van der Waals surface area contributed by atoms with Gasteiger partial charge in [-0.2, -0.15) is 0 Å². The quantitative estimate of drug-likeness (QED) is 0.807. The fourth-order valence-corrected chi connectivity index (χ4v) is 1.50. The van der Waals surface area contributed by atoms with Gasteiger partial charge in [0.1, 0.15) is 16.5 Å². The number of hydrogen-bond donors (Lipinski definition) is 2. The van der Waals surface area contributed by atoms with Crippen LogP contribution in [0.25, 0.3) is 0 Å². The van der Waals surface area contributed by atoms with Crippen molar-refractivity contribution in [2.45, 2.75) is 12.8 Å². The number of aryl methyl sites for hydroxylation is 1. The van der Waals surface area contributed by atoms with E-state index in [1.54, 1.807) is 12.1 Å². The van der Waals surface area contributed by atoms with E-state index >= 15 is 0 Å². The van der Waals surface area contributed by atoms with Crippen LogP contribution in [0, 0.1) is 0 Å². The number of methoxy groups -OCH3 is 1. The van der Waals surface area contributed by atoms with E-state index in [1.165, 1.54) is 7.11 Å². The lowest BCUT2D eigenvalue weighted by molar-refractivity contribution is 0.406. The van der Waals surface area contributed by atoms with Gasteiger partial charge in [0.25, 0.3) is 0 Å². The maximum Gasteiger partial charge on any atom is 0.141 e. The normalized spacial score (nSPS) is 10.2. The van der Waals surface area contributed by atoms with Crippen LogP contribution in [-0.2, 0) is 6.42 Å². The van der Waals surface area contributed by atoms with Gasteiger partial charge in [-0.15, -0.1) is 0 Å². The Morgan fingerprint density at radius 1 is 1.50 bits per heavy atom. The smallest absolute Gasteiger partial charge is 0.141 e. The fraction of sp³-hybridized carbons (Fsp3) is 0.400. The Labute approximate surface area is 88.4 Å². The minimum atomic E-state index is 0.0967. The zero-order valence-electron chi connectivity index (χ0n) is 8.09.